The van der Waals surface area contributed by atoms with Crippen molar-refractivity contribution >= 4 is 36.9 Å². The molecule has 2 amide bonds. The minimum atomic E-state index is -4.75. The van der Waals surface area contributed by atoms with E-state index in [1.165, 1.54) is 12.7 Å². The first-order valence-electron chi connectivity index (χ1n) is 11.9. The monoisotopic (exact) mass is 546 g/mol. The molecule has 0 bridgehead atoms. The number of phosphoric acid groups is 1. The Morgan fingerprint density at radius 3 is 2.71 bits per heavy atom. The molecule has 3 aromatic rings. The highest BCUT2D eigenvalue weighted by Gasteiger charge is 2.53. The minimum Gasteiger partial charge on any atom is -0.347 e. The summed E-state index contributed by atoms with van der Waals surface area (Å²) >= 11 is 0. The van der Waals surface area contributed by atoms with Gasteiger partial charge in [0.05, 0.1) is 12.9 Å². The number of amides is 2. The molecule has 0 radical (unpaired) electrons. The largest absolute Gasteiger partial charge is 0.469 e. The molecular weight excluding hydrogens is 519 g/mol. The van der Waals surface area contributed by atoms with E-state index < -0.39 is 51.3 Å². The number of nitrogens with one attached hydrogen (secondary N) is 2. The van der Waals surface area contributed by atoms with Crippen LogP contribution in [0.25, 0.3) is 17.2 Å². The molecule has 14 nitrogen and oxygen atoms in total. The number of imidazole rings is 1. The number of carbonyl (C=O) groups is 1. The Hall–Kier alpha value is -3.23. The zero-order valence-corrected chi connectivity index (χ0v) is 21.2. The molecule has 0 saturated carbocycles. The Morgan fingerprint density at radius 2 is 1.95 bits per heavy atom. The number of anilines is 1. The van der Waals surface area contributed by atoms with Gasteiger partial charge in [0.2, 0.25) is 0 Å². The predicted octanol–water partition coefficient (Wildman–Crippen LogP) is 2.19. The number of nitrogens with zero attached hydrogens (tertiary/aromatic N) is 4. The summed E-state index contributed by atoms with van der Waals surface area (Å²) in [7, 11) is -4.75. The number of hydrogen-bond donors (Lipinski definition) is 4. The van der Waals surface area contributed by atoms with Gasteiger partial charge in [0.25, 0.3) is 0 Å². The van der Waals surface area contributed by atoms with Gasteiger partial charge in [-0.1, -0.05) is 43.3 Å². The highest BCUT2D eigenvalue weighted by molar-refractivity contribution is 7.46. The van der Waals surface area contributed by atoms with Crippen molar-refractivity contribution in [3.05, 3.63) is 54.6 Å². The third-order valence-corrected chi connectivity index (χ3v) is 6.41. The summed E-state index contributed by atoms with van der Waals surface area (Å²) in [6, 6.07) is 9.17. The normalized spacial score (nSPS) is 25.2. The van der Waals surface area contributed by atoms with E-state index in [1.807, 2.05) is 43.3 Å². The molecule has 0 spiro atoms. The Morgan fingerprint density at radius 1 is 1.16 bits per heavy atom. The van der Waals surface area contributed by atoms with E-state index in [1.54, 1.807) is 10.6 Å². The summed E-state index contributed by atoms with van der Waals surface area (Å²) in [5, 5.41) is 5.37. The van der Waals surface area contributed by atoms with Crippen LogP contribution in [0.5, 0.6) is 0 Å². The first-order chi connectivity index (χ1) is 18.3. The van der Waals surface area contributed by atoms with Crippen LogP contribution in [0.4, 0.5) is 10.6 Å². The maximum atomic E-state index is 12.2. The van der Waals surface area contributed by atoms with Crippen LogP contribution < -0.4 is 10.6 Å². The standard InChI is InChI=1S/C23H27N6O8P/c1-2-10-24-23(30)28-20-17-21(26-12-25-20)29(13-27-17)22-19-18(15(35-22)11-34-38(31,32)33)36-16(37-19)9-8-14-6-4-3-5-7-14/h3-9,12-13,15-16,18-19,22H,2,10-11H2,1H3,(H2,31,32,33)(H2,24,25,26,28,30)/t15-,16?,18?,19+,22-/m1/s1. The smallest absolute Gasteiger partial charge is 0.347 e. The SMILES string of the molecule is CCCNC(=O)Nc1ncnc2c1ncn2[C@@H]1O[C@H](COP(=O)(O)O)C2OC(C=Cc3ccccc3)O[C@@H]21. The van der Waals surface area contributed by atoms with Crippen LogP contribution in [0.1, 0.15) is 25.1 Å². The molecule has 4 heterocycles. The van der Waals surface area contributed by atoms with E-state index in [9.17, 15) is 19.1 Å². The Bertz CT molecular complexity index is 1350. The molecule has 2 fully saturated rings. The maximum Gasteiger partial charge on any atom is 0.469 e. The van der Waals surface area contributed by atoms with E-state index >= 15 is 0 Å². The predicted molar refractivity (Wildman–Crippen MR) is 134 cm³/mol. The Labute approximate surface area is 217 Å². The van der Waals surface area contributed by atoms with E-state index in [4.69, 9.17) is 18.7 Å². The first-order valence-corrected chi connectivity index (χ1v) is 13.5. The van der Waals surface area contributed by atoms with E-state index in [0.29, 0.717) is 17.7 Å². The number of hydrogen-bond acceptors (Lipinski definition) is 9. The zero-order chi connectivity index (χ0) is 26.7. The molecule has 2 saturated heterocycles. The number of carbonyl (C=O) groups excluding carboxylic acids is 1. The average molecular weight is 546 g/mol. The zero-order valence-electron chi connectivity index (χ0n) is 20.3. The van der Waals surface area contributed by atoms with Crippen LogP contribution >= 0.6 is 7.82 Å². The van der Waals surface area contributed by atoms with E-state index in [0.717, 1.165) is 12.0 Å². The summed E-state index contributed by atoms with van der Waals surface area (Å²) in [5.41, 5.74) is 1.64. The van der Waals surface area contributed by atoms with Crippen molar-refractivity contribution in [1.29, 1.82) is 0 Å². The molecule has 0 aliphatic carbocycles. The van der Waals surface area contributed by atoms with Gasteiger partial charge in [-0.25, -0.2) is 24.3 Å². The number of phosphoric ester groups is 1. The molecule has 4 N–H and O–H groups in total. The summed E-state index contributed by atoms with van der Waals surface area (Å²) < 4.78 is 35.9. The van der Waals surface area contributed by atoms with Gasteiger partial charge < -0.3 is 29.3 Å². The number of ether oxygens (including phenoxy) is 3. The van der Waals surface area contributed by atoms with Crippen molar-refractivity contribution in [1.82, 2.24) is 24.8 Å². The third kappa shape index (κ3) is 5.92. The summed E-state index contributed by atoms with van der Waals surface area (Å²) in [4.78, 5) is 43.4. The fraction of sp³-hybridized carbons (Fsp3) is 0.391. The van der Waals surface area contributed by atoms with Crippen LogP contribution in [0, 0.1) is 0 Å². The first kappa shape index (κ1) is 26.4. The lowest BCUT2D eigenvalue weighted by Gasteiger charge is -2.20. The number of aromatic nitrogens is 4. The molecule has 2 unspecified atom stereocenters. The Balaban J connectivity index is 1.40. The molecule has 202 valence electrons. The van der Waals surface area contributed by atoms with E-state index in [2.05, 4.69) is 25.6 Å². The van der Waals surface area contributed by atoms with Gasteiger partial charge in [0, 0.05) is 6.54 Å². The molecule has 5 rings (SSSR count). The van der Waals surface area contributed by atoms with Gasteiger partial charge in [-0.3, -0.25) is 14.4 Å². The maximum absolute atomic E-state index is 12.2. The lowest BCUT2D eigenvalue weighted by atomic mass is 10.1. The summed E-state index contributed by atoms with van der Waals surface area (Å²) in [6.07, 6.45) is 3.34. The highest BCUT2D eigenvalue weighted by Crippen LogP contribution is 2.43. The second-order valence-corrected chi connectivity index (χ2v) is 9.86. The second kappa shape index (κ2) is 11.3. The number of rotatable bonds is 9. The summed E-state index contributed by atoms with van der Waals surface area (Å²) in [5.74, 6) is 0.213. The van der Waals surface area contributed by atoms with Crippen LogP contribution in [0.15, 0.2) is 49.1 Å². The van der Waals surface area contributed by atoms with Crippen LogP contribution in [-0.2, 0) is 23.3 Å². The van der Waals surface area contributed by atoms with Gasteiger partial charge in [-0.05, 0) is 18.1 Å². The Kier molecular flexibility index (Phi) is 7.81. The van der Waals surface area contributed by atoms with Crippen LogP contribution in [-0.4, -0.2) is 73.1 Å². The molecule has 2 aromatic heterocycles. The second-order valence-electron chi connectivity index (χ2n) is 8.62. The minimum absolute atomic E-state index is 0.213. The van der Waals surface area contributed by atoms with Crippen molar-refractivity contribution in [2.24, 2.45) is 0 Å². The third-order valence-electron chi connectivity index (χ3n) is 5.92. The topological polar surface area (TPSA) is 179 Å². The molecule has 2 aliphatic heterocycles. The summed E-state index contributed by atoms with van der Waals surface area (Å²) in [6.45, 7) is 2.02. The van der Waals surface area contributed by atoms with Crippen molar-refractivity contribution in [2.75, 3.05) is 18.5 Å². The molecular formula is C23H27N6O8P. The van der Waals surface area contributed by atoms with Crippen molar-refractivity contribution < 1.29 is 37.9 Å². The van der Waals surface area contributed by atoms with Gasteiger partial charge in [-0.2, -0.15) is 0 Å². The molecule has 5 atom stereocenters. The highest BCUT2D eigenvalue weighted by atomic mass is 31.2. The van der Waals surface area contributed by atoms with Gasteiger partial charge >= 0.3 is 13.9 Å². The molecule has 1 aromatic carbocycles. The van der Waals surface area contributed by atoms with Crippen molar-refractivity contribution in [3.63, 3.8) is 0 Å². The van der Waals surface area contributed by atoms with Crippen LogP contribution in [0.2, 0.25) is 0 Å². The lowest BCUT2D eigenvalue weighted by Crippen LogP contribution is -2.31. The average Bonchev–Trinajstić information content (AvgIpc) is 3.59. The molecule has 2 aliphatic rings. The number of fused-ring (bicyclic) bond motifs is 2. The van der Waals surface area contributed by atoms with Crippen molar-refractivity contribution in [2.45, 2.75) is 44.2 Å². The van der Waals surface area contributed by atoms with Gasteiger partial charge in [0.1, 0.15) is 24.6 Å². The fourth-order valence-corrected chi connectivity index (χ4v) is 4.59. The van der Waals surface area contributed by atoms with Crippen LogP contribution in [0.3, 0.4) is 0 Å². The quantitative estimate of drug-likeness (QED) is 0.289. The van der Waals surface area contributed by atoms with E-state index in [-0.39, 0.29) is 5.82 Å². The van der Waals surface area contributed by atoms with Crippen molar-refractivity contribution in [3.8, 4) is 0 Å². The van der Waals surface area contributed by atoms with Gasteiger partial charge in [0.15, 0.2) is 29.5 Å². The number of urea groups is 1. The molecule has 15 heteroatoms. The number of benzene rings is 1. The fourth-order valence-electron chi connectivity index (χ4n) is 4.25. The molecule has 38 heavy (non-hydrogen) atoms. The van der Waals surface area contributed by atoms with Gasteiger partial charge in [-0.15, -0.1) is 0 Å². The lowest BCUT2D eigenvalue weighted by molar-refractivity contribution is -0.132.